The number of fused-ring (bicyclic) bond motifs is 5. The Bertz CT molecular complexity index is 1750. The summed E-state index contributed by atoms with van der Waals surface area (Å²) in [6.07, 6.45) is 5.98. The van der Waals surface area contributed by atoms with E-state index in [4.69, 9.17) is 20.4 Å². The van der Waals surface area contributed by atoms with Crippen molar-refractivity contribution in [1.29, 1.82) is 0 Å². The Hall–Kier alpha value is -4.75. The van der Waals surface area contributed by atoms with Gasteiger partial charge in [-0.2, -0.15) is 0 Å². The average Bonchev–Trinajstić information content (AvgIpc) is 3.33. The van der Waals surface area contributed by atoms with Crippen LogP contribution in [0, 0.1) is 0 Å². The second-order valence-corrected chi connectivity index (χ2v) is 10.9. The fourth-order valence-electron chi connectivity index (χ4n) is 5.88. The highest BCUT2D eigenvalue weighted by molar-refractivity contribution is 5.90. The van der Waals surface area contributed by atoms with Gasteiger partial charge < -0.3 is 15.8 Å². The smallest absolute Gasteiger partial charge is 0.305 e. The first-order chi connectivity index (χ1) is 20.0. The van der Waals surface area contributed by atoms with Crippen molar-refractivity contribution in [3.05, 3.63) is 102 Å². The number of benzene rings is 3. The molecule has 1 aliphatic carbocycles. The average molecular weight is 542 g/mol. The standard InChI is InChI=1S/C34H31N5O2/c1-41-29(40)18-11-22-9-12-23(13-10-22)30-31(24-14-16-25(17-15-24)34(35)19-5-20-34)39-28-8-4-21-36-32(28)37-27-7-3-2-6-26(27)33(39)38-30/h2-4,6-10,12-17,21H,5,11,18-20,35H2,1H3,(H,36,37). The van der Waals surface area contributed by atoms with Gasteiger partial charge in [-0.1, -0.05) is 60.7 Å². The summed E-state index contributed by atoms with van der Waals surface area (Å²) < 4.78 is 7.03. The molecule has 0 radical (unpaired) electrons. The van der Waals surface area contributed by atoms with E-state index in [1.165, 1.54) is 19.1 Å². The summed E-state index contributed by atoms with van der Waals surface area (Å²) in [5.74, 6) is 1.41. The van der Waals surface area contributed by atoms with Crippen molar-refractivity contribution >= 4 is 17.5 Å². The first-order valence-corrected chi connectivity index (χ1v) is 14.0. The molecule has 41 heavy (non-hydrogen) atoms. The predicted molar refractivity (Wildman–Crippen MR) is 161 cm³/mol. The van der Waals surface area contributed by atoms with Crippen molar-refractivity contribution in [2.45, 2.75) is 37.6 Å². The molecule has 7 heteroatoms. The summed E-state index contributed by atoms with van der Waals surface area (Å²) in [5.41, 5.74) is 15.5. The van der Waals surface area contributed by atoms with Crippen LogP contribution in [0.4, 0.5) is 11.5 Å². The largest absolute Gasteiger partial charge is 0.469 e. The lowest BCUT2D eigenvalue weighted by Gasteiger charge is -2.38. The number of anilines is 2. The molecular formula is C34H31N5O2. The molecule has 1 fully saturated rings. The van der Waals surface area contributed by atoms with E-state index in [2.05, 4.69) is 76.6 Å². The van der Waals surface area contributed by atoms with Crippen LogP contribution in [0.2, 0.25) is 0 Å². The molecule has 7 nitrogen and oxygen atoms in total. The Morgan fingerprint density at radius 3 is 2.46 bits per heavy atom. The normalized spacial score (nSPS) is 14.5. The third kappa shape index (κ3) is 4.39. The molecule has 7 rings (SSSR count). The topological polar surface area (TPSA) is 95.1 Å². The Labute approximate surface area is 239 Å². The quantitative estimate of drug-likeness (QED) is 0.226. The maximum atomic E-state index is 11.7. The molecule has 3 heterocycles. The minimum Gasteiger partial charge on any atom is -0.469 e. The second-order valence-electron chi connectivity index (χ2n) is 10.9. The number of methoxy groups -OCH3 is 1. The number of hydrogen-bond acceptors (Lipinski definition) is 6. The molecule has 5 aromatic rings. The van der Waals surface area contributed by atoms with Crippen LogP contribution < -0.4 is 11.1 Å². The number of ether oxygens (including phenoxy) is 1. The van der Waals surface area contributed by atoms with Gasteiger partial charge in [-0.15, -0.1) is 0 Å². The van der Waals surface area contributed by atoms with E-state index in [0.29, 0.717) is 12.8 Å². The van der Waals surface area contributed by atoms with Crippen molar-refractivity contribution < 1.29 is 9.53 Å². The molecule has 1 saturated carbocycles. The zero-order valence-electron chi connectivity index (χ0n) is 22.9. The molecule has 3 N–H and O–H groups in total. The van der Waals surface area contributed by atoms with Crippen LogP contribution in [0.5, 0.6) is 0 Å². The van der Waals surface area contributed by atoms with Crippen molar-refractivity contribution in [2.75, 3.05) is 12.4 Å². The van der Waals surface area contributed by atoms with Crippen LogP contribution in [0.3, 0.4) is 0 Å². The Morgan fingerprint density at radius 2 is 1.73 bits per heavy atom. The summed E-state index contributed by atoms with van der Waals surface area (Å²) in [7, 11) is 1.42. The maximum absolute atomic E-state index is 11.7. The number of pyridine rings is 1. The van der Waals surface area contributed by atoms with Gasteiger partial charge in [0.2, 0.25) is 0 Å². The number of carbonyl (C=O) groups excluding carboxylic acids is 1. The lowest BCUT2D eigenvalue weighted by molar-refractivity contribution is -0.140. The van der Waals surface area contributed by atoms with Crippen LogP contribution in [0.25, 0.3) is 39.6 Å². The summed E-state index contributed by atoms with van der Waals surface area (Å²) in [6.45, 7) is 0. The molecule has 0 atom stereocenters. The SMILES string of the molecule is COC(=O)CCc1ccc(-c2nc3n(c2-c2ccc(C4(N)CCC4)cc2)-c2cccnc2Nc2ccccc2-3)cc1. The van der Waals surface area contributed by atoms with E-state index in [0.717, 1.165) is 69.5 Å². The first-order valence-electron chi connectivity index (χ1n) is 14.0. The maximum Gasteiger partial charge on any atom is 0.305 e. The predicted octanol–water partition coefficient (Wildman–Crippen LogP) is 6.77. The fourth-order valence-corrected chi connectivity index (χ4v) is 5.88. The van der Waals surface area contributed by atoms with Crippen molar-refractivity contribution in [1.82, 2.24) is 14.5 Å². The number of aryl methyl sites for hydroxylation is 1. The highest BCUT2D eigenvalue weighted by atomic mass is 16.5. The van der Waals surface area contributed by atoms with Gasteiger partial charge in [-0.25, -0.2) is 9.97 Å². The van der Waals surface area contributed by atoms with Crippen LogP contribution in [-0.4, -0.2) is 27.6 Å². The molecule has 0 amide bonds. The molecule has 204 valence electrons. The first kappa shape index (κ1) is 25.2. The number of carbonyl (C=O) groups is 1. The summed E-state index contributed by atoms with van der Waals surface area (Å²) in [4.78, 5) is 21.7. The van der Waals surface area contributed by atoms with E-state index < -0.39 is 0 Å². The van der Waals surface area contributed by atoms with E-state index in [1.807, 2.05) is 18.2 Å². The number of aromatic nitrogens is 3. The number of esters is 1. The Morgan fingerprint density at radius 1 is 0.976 bits per heavy atom. The molecule has 0 unspecified atom stereocenters. The Kier molecular flexibility index (Phi) is 6.16. The minimum atomic E-state index is -0.227. The van der Waals surface area contributed by atoms with Crippen LogP contribution in [0.15, 0.2) is 91.1 Å². The van der Waals surface area contributed by atoms with Gasteiger partial charge in [-0.05, 0) is 61.1 Å². The highest BCUT2D eigenvalue weighted by Crippen LogP contribution is 2.45. The molecule has 0 spiro atoms. The molecule has 0 bridgehead atoms. The summed E-state index contributed by atoms with van der Waals surface area (Å²) >= 11 is 0. The monoisotopic (exact) mass is 541 g/mol. The van der Waals surface area contributed by atoms with E-state index >= 15 is 0 Å². The van der Waals surface area contributed by atoms with E-state index in [-0.39, 0.29) is 11.5 Å². The van der Waals surface area contributed by atoms with Gasteiger partial charge in [0.05, 0.1) is 29.9 Å². The lowest BCUT2D eigenvalue weighted by Crippen LogP contribution is -2.43. The number of imidazole rings is 1. The lowest BCUT2D eigenvalue weighted by atomic mass is 9.72. The number of para-hydroxylation sites is 1. The molecule has 3 aromatic carbocycles. The second kappa shape index (κ2) is 10.0. The number of nitrogens with two attached hydrogens (primary N) is 1. The summed E-state index contributed by atoms with van der Waals surface area (Å²) in [6, 6.07) is 29.2. The van der Waals surface area contributed by atoms with Crippen molar-refractivity contribution in [3.8, 4) is 39.6 Å². The molecular weight excluding hydrogens is 510 g/mol. The fraction of sp³-hybridized carbons (Fsp3) is 0.206. The van der Waals surface area contributed by atoms with Gasteiger partial charge in [0.1, 0.15) is 5.82 Å². The van der Waals surface area contributed by atoms with E-state index in [9.17, 15) is 4.79 Å². The summed E-state index contributed by atoms with van der Waals surface area (Å²) in [5, 5.41) is 3.53. The third-order valence-electron chi connectivity index (χ3n) is 8.38. The number of hydrogen-bond donors (Lipinski definition) is 2. The van der Waals surface area contributed by atoms with Gasteiger partial charge in [0.25, 0.3) is 0 Å². The highest BCUT2D eigenvalue weighted by Gasteiger charge is 2.34. The zero-order chi connectivity index (χ0) is 28.0. The third-order valence-corrected chi connectivity index (χ3v) is 8.38. The molecule has 2 aliphatic rings. The van der Waals surface area contributed by atoms with Gasteiger partial charge in [0.15, 0.2) is 5.82 Å². The van der Waals surface area contributed by atoms with Gasteiger partial charge >= 0.3 is 5.97 Å². The molecule has 2 aromatic heterocycles. The number of nitrogens with one attached hydrogen (secondary N) is 1. The minimum absolute atomic E-state index is 0.210. The van der Waals surface area contributed by atoms with Crippen LogP contribution in [-0.2, 0) is 21.5 Å². The van der Waals surface area contributed by atoms with Gasteiger partial charge in [0, 0.05) is 34.8 Å². The van der Waals surface area contributed by atoms with E-state index in [1.54, 1.807) is 6.20 Å². The van der Waals surface area contributed by atoms with Gasteiger partial charge in [-0.3, -0.25) is 9.36 Å². The van der Waals surface area contributed by atoms with Crippen molar-refractivity contribution in [2.24, 2.45) is 5.73 Å². The zero-order valence-corrected chi connectivity index (χ0v) is 22.9. The van der Waals surface area contributed by atoms with Crippen LogP contribution in [0.1, 0.15) is 36.8 Å². The molecule has 0 saturated heterocycles. The van der Waals surface area contributed by atoms with Crippen LogP contribution >= 0.6 is 0 Å². The Balaban J connectivity index is 1.42. The number of rotatable bonds is 6. The number of nitrogens with zero attached hydrogens (tertiary/aromatic N) is 3. The van der Waals surface area contributed by atoms with Crippen molar-refractivity contribution in [3.63, 3.8) is 0 Å². The molecule has 1 aliphatic heterocycles.